The Kier molecular flexibility index (Phi) is 5.16. The van der Waals surface area contributed by atoms with Gasteiger partial charge in [-0.25, -0.2) is 4.98 Å². The number of nitrogens with zero attached hydrogens (tertiary/aromatic N) is 2. The smallest absolute Gasteiger partial charge is 0.279 e. The first-order valence-electron chi connectivity index (χ1n) is 9.73. The number of fused-ring (bicyclic) bond motifs is 1. The zero-order valence-electron chi connectivity index (χ0n) is 16.8. The van der Waals surface area contributed by atoms with Crippen molar-refractivity contribution in [3.63, 3.8) is 0 Å². The first-order chi connectivity index (χ1) is 14.1. The predicted octanol–water partition coefficient (Wildman–Crippen LogP) is 4.15. The first kappa shape index (κ1) is 18.9. The third-order valence-corrected chi connectivity index (χ3v) is 5.16. The molecule has 148 valence electrons. The summed E-state index contributed by atoms with van der Waals surface area (Å²) in [5.41, 5.74) is 3.90. The van der Waals surface area contributed by atoms with Crippen LogP contribution < -0.4 is 10.3 Å². The summed E-state index contributed by atoms with van der Waals surface area (Å²) in [6.45, 7) is 4.11. The minimum atomic E-state index is -0.219. The Morgan fingerprint density at radius 1 is 1.00 bits per heavy atom. The molecular weight excluding hydrogens is 364 g/mol. The monoisotopic (exact) mass is 388 g/mol. The van der Waals surface area contributed by atoms with E-state index in [9.17, 15) is 4.79 Å². The van der Waals surface area contributed by atoms with Crippen molar-refractivity contribution >= 4 is 11.0 Å². The van der Waals surface area contributed by atoms with Crippen LogP contribution >= 0.6 is 0 Å². The van der Waals surface area contributed by atoms with Gasteiger partial charge in [0, 0.05) is 5.92 Å². The summed E-state index contributed by atoms with van der Waals surface area (Å²) in [7, 11) is 1.66. The highest BCUT2D eigenvalue weighted by Crippen LogP contribution is 2.28. The number of H-pyrrole nitrogens is 2. The maximum Gasteiger partial charge on any atom is 0.279 e. The highest BCUT2D eigenvalue weighted by atomic mass is 16.5. The molecular formula is C23H24N4O2. The van der Waals surface area contributed by atoms with Crippen LogP contribution in [0.5, 0.6) is 5.75 Å². The van der Waals surface area contributed by atoms with Gasteiger partial charge in [-0.15, -0.1) is 0 Å². The number of benzene rings is 2. The molecule has 0 saturated carbocycles. The average Bonchev–Trinajstić information content (AvgIpc) is 3.18. The number of hydrogen-bond donors (Lipinski definition) is 2. The van der Waals surface area contributed by atoms with Gasteiger partial charge < -0.3 is 9.72 Å². The largest absolute Gasteiger partial charge is 0.497 e. The minimum absolute atomic E-state index is 0.0865. The summed E-state index contributed by atoms with van der Waals surface area (Å²) in [6, 6.07) is 18.1. The van der Waals surface area contributed by atoms with Gasteiger partial charge in [-0.2, -0.15) is 5.10 Å². The molecule has 29 heavy (non-hydrogen) atoms. The van der Waals surface area contributed by atoms with Crippen LogP contribution in [0, 0.1) is 0 Å². The third kappa shape index (κ3) is 3.78. The highest BCUT2D eigenvalue weighted by molar-refractivity contribution is 5.76. The van der Waals surface area contributed by atoms with Crippen molar-refractivity contribution in [1.29, 1.82) is 0 Å². The molecule has 6 heteroatoms. The second-order valence-corrected chi connectivity index (χ2v) is 7.46. The van der Waals surface area contributed by atoms with E-state index in [-0.39, 0.29) is 17.4 Å². The van der Waals surface area contributed by atoms with Gasteiger partial charge in [-0.3, -0.25) is 9.89 Å². The zero-order chi connectivity index (χ0) is 20.4. The van der Waals surface area contributed by atoms with Gasteiger partial charge in [0.25, 0.3) is 5.56 Å². The van der Waals surface area contributed by atoms with Crippen LogP contribution in [0.25, 0.3) is 11.0 Å². The summed E-state index contributed by atoms with van der Waals surface area (Å²) in [6.07, 6.45) is 0.706. The normalized spacial score (nSPS) is 12.4. The molecule has 0 radical (unpaired) electrons. The highest BCUT2D eigenvalue weighted by Gasteiger charge is 2.21. The van der Waals surface area contributed by atoms with Crippen LogP contribution in [-0.2, 0) is 6.42 Å². The van der Waals surface area contributed by atoms with Crippen molar-refractivity contribution < 1.29 is 4.74 Å². The molecule has 4 rings (SSSR count). The minimum Gasteiger partial charge on any atom is -0.497 e. The number of methoxy groups -OCH3 is 1. The van der Waals surface area contributed by atoms with E-state index >= 15 is 0 Å². The van der Waals surface area contributed by atoms with E-state index < -0.39 is 0 Å². The van der Waals surface area contributed by atoms with Crippen LogP contribution in [0.2, 0.25) is 0 Å². The number of rotatable bonds is 6. The van der Waals surface area contributed by atoms with E-state index in [1.807, 2.05) is 42.5 Å². The molecule has 1 unspecified atom stereocenters. The van der Waals surface area contributed by atoms with Crippen molar-refractivity contribution in [2.75, 3.05) is 7.11 Å². The fourth-order valence-corrected chi connectivity index (χ4v) is 3.57. The number of aromatic amines is 2. The SMILES string of the molecule is COc1ccc(CC(c2ccccc2)c2nc3c(C(C)C)[nH]nc3c(=O)[nH]2)cc1. The maximum atomic E-state index is 12.7. The molecule has 2 aromatic heterocycles. The van der Waals surface area contributed by atoms with Crippen molar-refractivity contribution in [2.45, 2.75) is 32.1 Å². The average molecular weight is 388 g/mol. The van der Waals surface area contributed by atoms with Gasteiger partial charge in [0.2, 0.25) is 0 Å². The number of hydrogen-bond acceptors (Lipinski definition) is 4. The fraction of sp³-hybridized carbons (Fsp3) is 0.261. The topological polar surface area (TPSA) is 83.7 Å². The van der Waals surface area contributed by atoms with E-state index in [2.05, 4.69) is 41.2 Å². The van der Waals surface area contributed by atoms with E-state index in [0.29, 0.717) is 23.3 Å². The number of aromatic nitrogens is 4. The predicted molar refractivity (Wildman–Crippen MR) is 114 cm³/mol. The summed E-state index contributed by atoms with van der Waals surface area (Å²) in [5.74, 6) is 1.57. The number of nitrogens with one attached hydrogen (secondary N) is 2. The lowest BCUT2D eigenvalue weighted by molar-refractivity contribution is 0.414. The third-order valence-electron chi connectivity index (χ3n) is 5.16. The molecule has 6 nitrogen and oxygen atoms in total. The maximum absolute atomic E-state index is 12.7. The second kappa shape index (κ2) is 7.91. The Balaban J connectivity index is 1.82. The lowest BCUT2D eigenvalue weighted by Crippen LogP contribution is -2.17. The summed E-state index contributed by atoms with van der Waals surface area (Å²) >= 11 is 0. The molecule has 0 aliphatic heterocycles. The molecule has 2 heterocycles. The van der Waals surface area contributed by atoms with Crippen LogP contribution in [0.3, 0.4) is 0 Å². The van der Waals surface area contributed by atoms with E-state index in [1.54, 1.807) is 7.11 Å². The van der Waals surface area contributed by atoms with Gasteiger partial charge in [0.05, 0.1) is 12.8 Å². The molecule has 0 amide bonds. The van der Waals surface area contributed by atoms with Gasteiger partial charge in [0.1, 0.15) is 17.1 Å². The van der Waals surface area contributed by atoms with Gasteiger partial charge >= 0.3 is 0 Å². The Bertz CT molecular complexity index is 1160. The van der Waals surface area contributed by atoms with E-state index in [4.69, 9.17) is 9.72 Å². The lowest BCUT2D eigenvalue weighted by atomic mass is 9.91. The fourth-order valence-electron chi connectivity index (χ4n) is 3.57. The Morgan fingerprint density at radius 3 is 2.38 bits per heavy atom. The van der Waals surface area contributed by atoms with Crippen molar-refractivity contribution in [3.8, 4) is 5.75 Å². The van der Waals surface area contributed by atoms with Crippen LogP contribution in [-0.4, -0.2) is 27.3 Å². The standard InChI is InChI=1S/C23H24N4O2/c1-14(2)19-20-21(27-26-19)23(28)25-22(24-20)18(16-7-5-4-6-8-16)13-15-9-11-17(29-3)12-10-15/h4-12,14,18H,13H2,1-3H3,(H,26,27)(H,24,25,28). The van der Waals surface area contributed by atoms with Gasteiger partial charge in [-0.1, -0.05) is 56.3 Å². The van der Waals surface area contributed by atoms with Crippen molar-refractivity contribution in [1.82, 2.24) is 20.2 Å². The zero-order valence-corrected chi connectivity index (χ0v) is 16.8. The molecule has 0 aliphatic carbocycles. The molecule has 0 fully saturated rings. The summed E-state index contributed by atoms with van der Waals surface area (Å²) in [5, 5.41) is 7.15. The lowest BCUT2D eigenvalue weighted by Gasteiger charge is -2.17. The van der Waals surface area contributed by atoms with Gasteiger partial charge in [-0.05, 0) is 35.6 Å². The molecule has 4 aromatic rings. The molecule has 0 aliphatic rings. The van der Waals surface area contributed by atoms with Gasteiger partial charge in [0.15, 0.2) is 5.52 Å². The second-order valence-electron chi connectivity index (χ2n) is 7.46. The van der Waals surface area contributed by atoms with E-state index in [1.165, 1.54) is 0 Å². The molecule has 2 aromatic carbocycles. The molecule has 0 bridgehead atoms. The molecule has 0 spiro atoms. The van der Waals surface area contributed by atoms with Crippen molar-refractivity contribution in [3.05, 3.63) is 87.6 Å². The molecule has 2 N–H and O–H groups in total. The van der Waals surface area contributed by atoms with E-state index in [0.717, 1.165) is 22.6 Å². The Hall–Kier alpha value is -3.41. The Morgan fingerprint density at radius 2 is 1.72 bits per heavy atom. The molecule has 1 atom stereocenters. The summed E-state index contributed by atoms with van der Waals surface area (Å²) < 4.78 is 5.26. The molecule has 0 saturated heterocycles. The number of ether oxygens (including phenoxy) is 1. The Labute approximate surface area is 169 Å². The van der Waals surface area contributed by atoms with Crippen molar-refractivity contribution in [2.24, 2.45) is 0 Å². The van der Waals surface area contributed by atoms with Crippen LogP contribution in [0.15, 0.2) is 59.4 Å². The van der Waals surface area contributed by atoms with Crippen LogP contribution in [0.4, 0.5) is 0 Å². The van der Waals surface area contributed by atoms with Crippen LogP contribution in [0.1, 0.15) is 48.3 Å². The summed E-state index contributed by atoms with van der Waals surface area (Å²) in [4.78, 5) is 20.5. The quantitative estimate of drug-likeness (QED) is 0.520. The first-order valence-corrected chi connectivity index (χ1v) is 9.73.